The standard InChI is InChI=1S/C20H30F2N2O/c21-19-8-4-7-17(20(19)22)14-23-10-11-24(18(15-23)9-12-25)13-16-5-2-1-3-6-16/h4,7-8,16,18,25H,1-3,5-6,9-15H2/t18-/m1/s1. The molecular weight excluding hydrogens is 322 g/mol. The predicted molar refractivity (Wildman–Crippen MR) is 95.3 cm³/mol. The molecular formula is C20H30F2N2O. The van der Waals surface area contributed by atoms with Crippen molar-refractivity contribution >= 4 is 0 Å². The molecule has 3 nitrogen and oxygen atoms in total. The van der Waals surface area contributed by atoms with Gasteiger partial charge >= 0.3 is 0 Å². The van der Waals surface area contributed by atoms with Gasteiger partial charge in [0, 0.05) is 50.9 Å². The normalized spacial score (nSPS) is 23.9. The minimum absolute atomic E-state index is 0.175. The van der Waals surface area contributed by atoms with E-state index in [0.717, 1.165) is 44.6 Å². The van der Waals surface area contributed by atoms with Crippen molar-refractivity contribution in [2.75, 3.05) is 32.8 Å². The van der Waals surface area contributed by atoms with Gasteiger partial charge in [-0.15, -0.1) is 0 Å². The first kappa shape index (κ1) is 18.7. The van der Waals surface area contributed by atoms with E-state index in [4.69, 9.17) is 0 Å². The molecule has 0 amide bonds. The molecule has 25 heavy (non-hydrogen) atoms. The molecule has 1 heterocycles. The van der Waals surface area contributed by atoms with Crippen LogP contribution in [0.4, 0.5) is 8.78 Å². The molecule has 0 radical (unpaired) electrons. The van der Waals surface area contributed by atoms with Gasteiger partial charge in [0.1, 0.15) is 0 Å². The van der Waals surface area contributed by atoms with Gasteiger partial charge in [-0.25, -0.2) is 8.78 Å². The summed E-state index contributed by atoms with van der Waals surface area (Å²) in [5, 5.41) is 9.44. The molecule has 0 unspecified atom stereocenters. The van der Waals surface area contributed by atoms with Gasteiger partial charge in [0.15, 0.2) is 11.6 Å². The largest absolute Gasteiger partial charge is 0.396 e. The van der Waals surface area contributed by atoms with Crippen molar-refractivity contribution in [1.29, 1.82) is 0 Å². The zero-order valence-electron chi connectivity index (χ0n) is 15.0. The summed E-state index contributed by atoms with van der Waals surface area (Å²) in [6.07, 6.45) is 7.43. The molecule has 1 aromatic rings. The van der Waals surface area contributed by atoms with Crippen molar-refractivity contribution in [3.8, 4) is 0 Å². The Bertz CT molecular complexity index is 548. The molecule has 1 saturated carbocycles. The van der Waals surface area contributed by atoms with Gasteiger partial charge in [0.25, 0.3) is 0 Å². The van der Waals surface area contributed by atoms with E-state index in [1.807, 2.05) is 0 Å². The highest BCUT2D eigenvalue weighted by Gasteiger charge is 2.29. The molecule has 2 aliphatic rings. The molecule has 5 heteroatoms. The Morgan fingerprint density at radius 3 is 2.64 bits per heavy atom. The molecule has 0 aromatic heterocycles. The van der Waals surface area contributed by atoms with Crippen LogP contribution in [0.25, 0.3) is 0 Å². The van der Waals surface area contributed by atoms with Crippen LogP contribution in [0.5, 0.6) is 0 Å². The number of halogens is 2. The Kier molecular flexibility index (Phi) is 6.79. The molecule has 1 aliphatic carbocycles. The smallest absolute Gasteiger partial charge is 0.163 e. The number of aliphatic hydroxyl groups is 1. The summed E-state index contributed by atoms with van der Waals surface area (Å²) in [5.41, 5.74) is 0.420. The fourth-order valence-corrected chi connectivity index (χ4v) is 4.38. The van der Waals surface area contributed by atoms with E-state index in [2.05, 4.69) is 9.80 Å². The molecule has 1 atom stereocenters. The topological polar surface area (TPSA) is 26.7 Å². The average molecular weight is 352 g/mol. The number of nitrogens with zero attached hydrogens (tertiary/aromatic N) is 2. The van der Waals surface area contributed by atoms with Crippen LogP contribution in [-0.4, -0.2) is 53.7 Å². The minimum Gasteiger partial charge on any atom is -0.396 e. The van der Waals surface area contributed by atoms with Crippen LogP contribution in [0.15, 0.2) is 18.2 Å². The van der Waals surface area contributed by atoms with Crippen molar-refractivity contribution in [2.24, 2.45) is 5.92 Å². The van der Waals surface area contributed by atoms with Crippen LogP contribution in [0, 0.1) is 17.6 Å². The maximum absolute atomic E-state index is 13.9. The summed E-state index contributed by atoms with van der Waals surface area (Å²) in [5.74, 6) is -0.728. The molecule has 1 saturated heterocycles. The lowest BCUT2D eigenvalue weighted by atomic mass is 9.88. The first-order chi connectivity index (χ1) is 12.2. The lowest BCUT2D eigenvalue weighted by Gasteiger charge is -2.43. The minimum atomic E-state index is -0.777. The van der Waals surface area contributed by atoms with E-state index in [1.54, 1.807) is 12.1 Å². The van der Waals surface area contributed by atoms with E-state index >= 15 is 0 Å². The van der Waals surface area contributed by atoms with Crippen LogP contribution >= 0.6 is 0 Å². The van der Waals surface area contributed by atoms with E-state index in [0.29, 0.717) is 18.2 Å². The molecule has 0 bridgehead atoms. The molecule has 2 fully saturated rings. The van der Waals surface area contributed by atoms with Crippen molar-refractivity contribution in [3.63, 3.8) is 0 Å². The van der Waals surface area contributed by atoms with Gasteiger partial charge in [-0.05, 0) is 31.2 Å². The SMILES string of the molecule is OCC[C@@H]1CN(Cc2cccc(F)c2F)CCN1CC1CCCCC1. The second-order valence-electron chi connectivity index (χ2n) is 7.61. The number of hydrogen-bond acceptors (Lipinski definition) is 3. The van der Waals surface area contributed by atoms with Crippen LogP contribution < -0.4 is 0 Å². The van der Waals surface area contributed by atoms with E-state index in [-0.39, 0.29) is 6.61 Å². The highest BCUT2D eigenvalue weighted by atomic mass is 19.2. The van der Waals surface area contributed by atoms with Gasteiger partial charge in [0.05, 0.1) is 0 Å². The molecule has 1 N–H and O–H groups in total. The van der Waals surface area contributed by atoms with Crippen molar-refractivity contribution in [1.82, 2.24) is 9.80 Å². The Morgan fingerprint density at radius 2 is 1.88 bits per heavy atom. The van der Waals surface area contributed by atoms with Crippen LogP contribution in [0.3, 0.4) is 0 Å². The predicted octanol–water partition coefficient (Wildman–Crippen LogP) is 3.41. The fourth-order valence-electron chi connectivity index (χ4n) is 4.38. The van der Waals surface area contributed by atoms with Gasteiger partial charge in [-0.2, -0.15) is 0 Å². The highest BCUT2D eigenvalue weighted by Crippen LogP contribution is 2.27. The van der Waals surface area contributed by atoms with Gasteiger partial charge in [0.2, 0.25) is 0 Å². The van der Waals surface area contributed by atoms with E-state index < -0.39 is 11.6 Å². The maximum Gasteiger partial charge on any atom is 0.163 e. The third-order valence-electron chi connectivity index (χ3n) is 5.79. The fraction of sp³-hybridized carbons (Fsp3) is 0.700. The lowest BCUT2D eigenvalue weighted by molar-refractivity contribution is 0.0395. The van der Waals surface area contributed by atoms with Gasteiger partial charge in [-0.3, -0.25) is 9.80 Å². The Labute approximate surface area is 149 Å². The Morgan fingerprint density at radius 1 is 1.08 bits per heavy atom. The van der Waals surface area contributed by atoms with Crippen molar-refractivity contribution < 1.29 is 13.9 Å². The van der Waals surface area contributed by atoms with Crippen molar-refractivity contribution in [3.05, 3.63) is 35.4 Å². The summed E-state index contributed by atoms with van der Waals surface area (Å²) in [4.78, 5) is 4.71. The van der Waals surface area contributed by atoms with E-state index in [1.165, 1.54) is 32.1 Å². The number of rotatable bonds is 6. The zero-order valence-corrected chi connectivity index (χ0v) is 15.0. The maximum atomic E-state index is 13.9. The molecule has 3 rings (SSSR count). The number of hydrogen-bond donors (Lipinski definition) is 1. The highest BCUT2D eigenvalue weighted by molar-refractivity contribution is 5.19. The Balaban J connectivity index is 1.59. The quantitative estimate of drug-likeness (QED) is 0.850. The third kappa shape index (κ3) is 4.99. The second kappa shape index (κ2) is 9.06. The summed E-state index contributed by atoms with van der Waals surface area (Å²) >= 11 is 0. The number of piperazine rings is 1. The molecule has 1 aromatic carbocycles. The summed E-state index contributed by atoms with van der Waals surface area (Å²) in [6.45, 7) is 4.34. The second-order valence-corrected chi connectivity index (χ2v) is 7.61. The van der Waals surface area contributed by atoms with Crippen LogP contribution in [0.1, 0.15) is 44.1 Å². The van der Waals surface area contributed by atoms with Crippen LogP contribution in [0.2, 0.25) is 0 Å². The van der Waals surface area contributed by atoms with Crippen LogP contribution in [-0.2, 0) is 6.54 Å². The first-order valence-electron chi connectivity index (χ1n) is 9.67. The number of benzene rings is 1. The summed E-state index contributed by atoms with van der Waals surface area (Å²) in [6, 6.07) is 4.69. The van der Waals surface area contributed by atoms with E-state index in [9.17, 15) is 13.9 Å². The summed E-state index contributed by atoms with van der Waals surface area (Å²) in [7, 11) is 0. The molecule has 1 aliphatic heterocycles. The molecule has 140 valence electrons. The van der Waals surface area contributed by atoms with Gasteiger partial charge in [-0.1, -0.05) is 31.4 Å². The Hall–Kier alpha value is -1.04. The van der Waals surface area contributed by atoms with Gasteiger partial charge < -0.3 is 5.11 Å². The third-order valence-corrected chi connectivity index (χ3v) is 5.79. The average Bonchev–Trinajstić information content (AvgIpc) is 2.62. The van der Waals surface area contributed by atoms with Crippen molar-refractivity contribution in [2.45, 2.75) is 51.1 Å². The first-order valence-corrected chi connectivity index (χ1v) is 9.67. The summed E-state index contributed by atoms with van der Waals surface area (Å²) < 4.78 is 27.4. The zero-order chi connectivity index (χ0) is 17.6. The number of aliphatic hydroxyl groups excluding tert-OH is 1. The molecule has 0 spiro atoms. The monoisotopic (exact) mass is 352 g/mol. The lowest BCUT2D eigenvalue weighted by Crippen LogP contribution is -2.54.